The molecule has 1 aromatic rings. The second kappa shape index (κ2) is 7.25. The fourth-order valence-electron chi connectivity index (χ4n) is 2.57. The van der Waals surface area contributed by atoms with Gasteiger partial charge >= 0.3 is 0 Å². The first kappa shape index (κ1) is 14.8. The summed E-state index contributed by atoms with van der Waals surface area (Å²) in [6.07, 6.45) is 7.22. The highest BCUT2D eigenvalue weighted by Gasteiger charge is 2.22. The Labute approximate surface area is 120 Å². The number of hydrogen-bond donors (Lipinski definition) is 2. The number of benzene rings is 1. The number of amides is 1. The lowest BCUT2D eigenvalue weighted by Crippen LogP contribution is -2.36. The second-order valence-electron chi connectivity index (χ2n) is 5.60. The van der Waals surface area contributed by atoms with Crippen LogP contribution in [0.3, 0.4) is 0 Å². The van der Waals surface area contributed by atoms with Crippen molar-refractivity contribution in [1.82, 2.24) is 5.32 Å². The van der Waals surface area contributed by atoms with E-state index in [0.29, 0.717) is 6.54 Å². The van der Waals surface area contributed by atoms with Gasteiger partial charge in [-0.1, -0.05) is 42.7 Å². The summed E-state index contributed by atoms with van der Waals surface area (Å²) in [5.41, 5.74) is 2.22. The highest BCUT2D eigenvalue weighted by Crippen LogP contribution is 2.23. The van der Waals surface area contributed by atoms with Crippen molar-refractivity contribution in [3.8, 4) is 0 Å². The summed E-state index contributed by atoms with van der Waals surface area (Å²) in [5, 5.41) is 12.7. The molecule has 0 radical (unpaired) electrons. The van der Waals surface area contributed by atoms with Crippen LogP contribution in [-0.2, 0) is 4.79 Å². The third kappa shape index (κ3) is 4.49. The van der Waals surface area contributed by atoms with Gasteiger partial charge in [0.25, 0.3) is 0 Å². The van der Waals surface area contributed by atoms with Gasteiger partial charge in [0.2, 0.25) is 5.91 Å². The van der Waals surface area contributed by atoms with Crippen LogP contribution >= 0.6 is 0 Å². The highest BCUT2D eigenvalue weighted by atomic mass is 16.3. The third-order valence-electron chi connectivity index (χ3n) is 3.91. The number of hydrogen-bond acceptors (Lipinski definition) is 2. The maximum Gasteiger partial charge on any atom is 0.244 e. The molecular weight excluding hydrogens is 250 g/mol. The van der Waals surface area contributed by atoms with Crippen molar-refractivity contribution >= 4 is 12.0 Å². The zero-order valence-electron chi connectivity index (χ0n) is 12.0. The van der Waals surface area contributed by atoms with Gasteiger partial charge in [-0.15, -0.1) is 0 Å². The van der Waals surface area contributed by atoms with Crippen LogP contribution in [0.25, 0.3) is 6.08 Å². The molecule has 2 rings (SSSR count). The van der Waals surface area contributed by atoms with E-state index in [4.69, 9.17) is 0 Å². The first-order valence-electron chi connectivity index (χ1n) is 7.36. The van der Waals surface area contributed by atoms with Crippen molar-refractivity contribution in [2.45, 2.75) is 38.7 Å². The second-order valence-corrected chi connectivity index (χ2v) is 5.60. The smallest absolute Gasteiger partial charge is 0.244 e. The van der Waals surface area contributed by atoms with E-state index in [-0.39, 0.29) is 17.9 Å². The summed E-state index contributed by atoms with van der Waals surface area (Å²) in [7, 11) is 0. The van der Waals surface area contributed by atoms with Gasteiger partial charge in [-0.05, 0) is 31.4 Å². The molecule has 1 aliphatic carbocycles. The molecule has 1 aliphatic rings. The number of rotatable bonds is 4. The Kier molecular flexibility index (Phi) is 5.36. The molecule has 2 N–H and O–H groups in total. The van der Waals surface area contributed by atoms with E-state index in [9.17, 15) is 9.90 Å². The number of carbonyl (C=O) groups excluding carboxylic acids is 1. The Morgan fingerprint density at radius 2 is 2.00 bits per heavy atom. The molecule has 0 aromatic heterocycles. The van der Waals surface area contributed by atoms with Crippen molar-refractivity contribution in [3.05, 3.63) is 41.5 Å². The van der Waals surface area contributed by atoms with E-state index in [2.05, 4.69) is 5.32 Å². The Bertz CT molecular complexity index is 464. The number of aliphatic hydroxyl groups is 1. The summed E-state index contributed by atoms with van der Waals surface area (Å²) in [4.78, 5) is 11.8. The fourth-order valence-corrected chi connectivity index (χ4v) is 2.57. The molecule has 1 amide bonds. The fraction of sp³-hybridized carbons (Fsp3) is 0.471. The summed E-state index contributed by atoms with van der Waals surface area (Å²) in [6.45, 7) is 2.61. The van der Waals surface area contributed by atoms with E-state index in [1.807, 2.05) is 37.3 Å². The summed E-state index contributed by atoms with van der Waals surface area (Å²) in [6, 6.07) is 8.03. The molecule has 0 bridgehead atoms. The van der Waals surface area contributed by atoms with Crippen molar-refractivity contribution < 1.29 is 9.90 Å². The van der Waals surface area contributed by atoms with Gasteiger partial charge in [-0.25, -0.2) is 0 Å². The van der Waals surface area contributed by atoms with Crippen molar-refractivity contribution in [3.63, 3.8) is 0 Å². The first-order chi connectivity index (χ1) is 9.65. The van der Waals surface area contributed by atoms with Crippen LogP contribution in [0.1, 0.15) is 36.8 Å². The van der Waals surface area contributed by atoms with Crippen LogP contribution in [0.4, 0.5) is 0 Å². The molecule has 1 aromatic carbocycles. The maximum atomic E-state index is 11.8. The van der Waals surface area contributed by atoms with Crippen LogP contribution < -0.4 is 5.32 Å². The highest BCUT2D eigenvalue weighted by molar-refractivity contribution is 5.91. The molecular formula is C17H23NO2. The minimum absolute atomic E-state index is 0.0941. The van der Waals surface area contributed by atoms with E-state index < -0.39 is 0 Å². The zero-order valence-corrected chi connectivity index (χ0v) is 12.0. The van der Waals surface area contributed by atoms with Gasteiger partial charge in [-0.3, -0.25) is 4.79 Å². The van der Waals surface area contributed by atoms with E-state index >= 15 is 0 Å². The molecule has 108 valence electrons. The molecule has 1 fully saturated rings. The molecule has 2 unspecified atom stereocenters. The van der Waals surface area contributed by atoms with Crippen molar-refractivity contribution in [2.24, 2.45) is 5.92 Å². The largest absolute Gasteiger partial charge is 0.393 e. The lowest BCUT2D eigenvalue weighted by molar-refractivity contribution is -0.116. The van der Waals surface area contributed by atoms with Crippen LogP contribution in [0.15, 0.2) is 30.3 Å². The zero-order chi connectivity index (χ0) is 14.4. The van der Waals surface area contributed by atoms with E-state index in [0.717, 1.165) is 31.2 Å². The average Bonchev–Trinajstić information content (AvgIpc) is 2.46. The van der Waals surface area contributed by atoms with Gasteiger partial charge < -0.3 is 10.4 Å². The van der Waals surface area contributed by atoms with E-state index in [1.54, 1.807) is 6.08 Å². The van der Waals surface area contributed by atoms with Crippen LogP contribution in [-0.4, -0.2) is 23.7 Å². The van der Waals surface area contributed by atoms with Gasteiger partial charge in [0.05, 0.1) is 6.10 Å². The quantitative estimate of drug-likeness (QED) is 0.829. The monoisotopic (exact) mass is 273 g/mol. The molecule has 0 spiro atoms. The predicted octanol–water partition coefficient (Wildman–Crippen LogP) is 2.68. The van der Waals surface area contributed by atoms with Gasteiger partial charge in [0, 0.05) is 18.5 Å². The SMILES string of the molecule is Cc1ccc(C=CC(=O)NCC2CCCCC2O)cc1. The van der Waals surface area contributed by atoms with Gasteiger partial charge in [-0.2, -0.15) is 0 Å². The Morgan fingerprint density at radius 3 is 2.70 bits per heavy atom. The van der Waals surface area contributed by atoms with Crippen LogP contribution in [0.5, 0.6) is 0 Å². The topological polar surface area (TPSA) is 49.3 Å². The lowest BCUT2D eigenvalue weighted by Gasteiger charge is -2.27. The predicted molar refractivity (Wildman–Crippen MR) is 81.2 cm³/mol. The van der Waals surface area contributed by atoms with Crippen LogP contribution in [0.2, 0.25) is 0 Å². The summed E-state index contributed by atoms with van der Waals surface area (Å²) < 4.78 is 0. The average molecular weight is 273 g/mol. The van der Waals surface area contributed by atoms with Crippen molar-refractivity contribution in [2.75, 3.05) is 6.54 Å². The molecule has 2 atom stereocenters. The molecule has 20 heavy (non-hydrogen) atoms. The molecule has 0 aliphatic heterocycles. The summed E-state index contributed by atoms with van der Waals surface area (Å²) >= 11 is 0. The molecule has 0 saturated heterocycles. The minimum Gasteiger partial charge on any atom is -0.393 e. The normalized spacial score (nSPS) is 22.9. The number of aliphatic hydroxyl groups excluding tert-OH is 1. The standard InChI is InChI=1S/C17H23NO2/c1-13-6-8-14(9-7-13)10-11-17(20)18-12-15-4-2-3-5-16(15)19/h6-11,15-16,19H,2-5,12H2,1H3,(H,18,20). The number of aryl methyl sites for hydroxylation is 1. The molecule has 1 saturated carbocycles. The number of nitrogens with one attached hydrogen (secondary N) is 1. The van der Waals surface area contributed by atoms with Crippen molar-refractivity contribution in [1.29, 1.82) is 0 Å². The van der Waals surface area contributed by atoms with Gasteiger partial charge in [0.15, 0.2) is 0 Å². The number of carbonyl (C=O) groups is 1. The third-order valence-corrected chi connectivity index (χ3v) is 3.91. The Morgan fingerprint density at radius 1 is 1.30 bits per heavy atom. The molecule has 0 heterocycles. The van der Waals surface area contributed by atoms with E-state index in [1.165, 1.54) is 5.56 Å². The van der Waals surface area contributed by atoms with Crippen LogP contribution in [0, 0.1) is 12.8 Å². The lowest BCUT2D eigenvalue weighted by atomic mass is 9.86. The Hall–Kier alpha value is -1.61. The molecule has 3 heteroatoms. The Balaban J connectivity index is 1.78. The summed E-state index contributed by atoms with van der Waals surface area (Å²) in [5.74, 6) is 0.115. The molecule has 3 nitrogen and oxygen atoms in total. The first-order valence-corrected chi connectivity index (χ1v) is 7.36. The maximum absolute atomic E-state index is 11.8. The minimum atomic E-state index is -0.259. The van der Waals surface area contributed by atoms with Gasteiger partial charge in [0.1, 0.15) is 0 Å².